The first-order valence-electron chi connectivity index (χ1n) is 10.5. The normalized spacial score (nSPS) is 18.7. The summed E-state index contributed by atoms with van der Waals surface area (Å²) in [6.07, 6.45) is 0.984. The molecule has 0 aromatic heterocycles. The predicted octanol–water partition coefficient (Wildman–Crippen LogP) is 6.51. The van der Waals surface area contributed by atoms with Crippen LogP contribution in [0, 0.1) is 0 Å². The number of fused-ring (bicyclic) bond motifs is 5. The van der Waals surface area contributed by atoms with Gasteiger partial charge in [0, 0.05) is 0 Å². The van der Waals surface area contributed by atoms with E-state index in [2.05, 4.69) is 103 Å². The molecule has 0 radical (unpaired) electrons. The summed E-state index contributed by atoms with van der Waals surface area (Å²) in [7, 11) is 1.72. The van der Waals surface area contributed by atoms with Gasteiger partial charge in [-0.25, -0.2) is 0 Å². The molecule has 1 heteroatoms. The maximum Gasteiger partial charge on any atom is 0.118 e. The maximum absolute atomic E-state index is 5.45. The van der Waals surface area contributed by atoms with Crippen LogP contribution in [0.25, 0.3) is 11.1 Å². The highest BCUT2D eigenvalue weighted by atomic mass is 16.5. The van der Waals surface area contributed by atoms with E-state index in [1.807, 2.05) is 0 Å². The van der Waals surface area contributed by atoms with E-state index >= 15 is 0 Å². The number of rotatable bonds is 3. The second-order valence-corrected chi connectivity index (χ2v) is 8.13. The Bertz CT molecular complexity index is 1280. The van der Waals surface area contributed by atoms with Crippen molar-refractivity contribution in [1.29, 1.82) is 0 Å². The average molecular weight is 386 g/mol. The quantitative estimate of drug-likeness (QED) is 0.390. The fourth-order valence-corrected chi connectivity index (χ4v) is 5.49. The first-order valence-corrected chi connectivity index (χ1v) is 10.5. The molecule has 0 saturated carbocycles. The Morgan fingerprint density at radius 2 is 1.33 bits per heavy atom. The molecule has 0 heterocycles. The zero-order valence-electron chi connectivity index (χ0n) is 16.9. The van der Waals surface area contributed by atoms with Gasteiger partial charge in [0.2, 0.25) is 0 Å². The number of hydrogen-bond acceptors (Lipinski definition) is 1. The van der Waals surface area contributed by atoms with E-state index in [-0.39, 0.29) is 5.41 Å². The molecular weight excluding hydrogens is 364 g/mol. The Hall–Kier alpha value is -3.58. The van der Waals surface area contributed by atoms with Crippen LogP contribution in [0.4, 0.5) is 0 Å². The molecule has 0 N–H and O–H groups in total. The summed E-state index contributed by atoms with van der Waals surface area (Å²) < 4.78 is 5.45. The molecular formula is C29H22O. The summed E-state index contributed by atoms with van der Waals surface area (Å²) in [6.45, 7) is 0. The van der Waals surface area contributed by atoms with Gasteiger partial charge in [0.1, 0.15) is 5.75 Å². The lowest BCUT2D eigenvalue weighted by atomic mass is 9.72. The second kappa shape index (κ2) is 6.47. The highest BCUT2D eigenvalue weighted by Crippen LogP contribution is 2.61. The minimum Gasteiger partial charge on any atom is -0.497 e. The summed E-state index contributed by atoms with van der Waals surface area (Å²) in [4.78, 5) is 0. The zero-order valence-corrected chi connectivity index (χ0v) is 16.9. The third kappa shape index (κ3) is 2.23. The van der Waals surface area contributed by atoms with Gasteiger partial charge in [0.05, 0.1) is 12.5 Å². The molecule has 0 spiro atoms. The van der Waals surface area contributed by atoms with Crippen LogP contribution in [0.3, 0.4) is 0 Å². The van der Waals surface area contributed by atoms with Gasteiger partial charge >= 0.3 is 0 Å². The Labute approximate surface area is 177 Å². The zero-order chi connectivity index (χ0) is 20.1. The molecule has 1 unspecified atom stereocenters. The Kier molecular flexibility index (Phi) is 3.73. The maximum atomic E-state index is 5.45. The molecule has 1 atom stereocenters. The van der Waals surface area contributed by atoms with Crippen LogP contribution in [0.1, 0.15) is 33.4 Å². The molecule has 0 bridgehead atoms. The Morgan fingerprint density at radius 1 is 0.667 bits per heavy atom. The SMILES string of the molecule is COc1ccc(C23Cc4ccccc4C2=C(c2ccccc2)c2ccccc23)cc1. The molecule has 0 fully saturated rings. The lowest BCUT2D eigenvalue weighted by Gasteiger charge is -2.30. The van der Waals surface area contributed by atoms with Crippen LogP contribution >= 0.6 is 0 Å². The molecule has 0 amide bonds. The van der Waals surface area contributed by atoms with Crippen molar-refractivity contribution in [2.45, 2.75) is 11.8 Å². The molecule has 30 heavy (non-hydrogen) atoms. The van der Waals surface area contributed by atoms with Crippen molar-refractivity contribution in [3.8, 4) is 5.75 Å². The van der Waals surface area contributed by atoms with Gasteiger partial charge in [-0.1, -0.05) is 91.0 Å². The molecule has 6 rings (SSSR count). The number of ether oxygens (including phenoxy) is 1. The topological polar surface area (TPSA) is 9.23 Å². The lowest BCUT2D eigenvalue weighted by molar-refractivity contribution is 0.414. The van der Waals surface area contributed by atoms with Gasteiger partial charge < -0.3 is 4.74 Å². The van der Waals surface area contributed by atoms with Gasteiger partial charge in [-0.15, -0.1) is 0 Å². The standard InChI is InChI=1S/C29H22O/c1-30-23-17-15-22(16-18-23)29-19-21-11-5-6-12-24(21)28(29)27(20-9-3-2-4-10-20)25-13-7-8-14-26(25)29/h2-18H,19H2,1H3. The van der Waals surface area contributed by atoms with E-state index in [0.29, 0.717) is 0 Å². The van der Waals surface area contributed by atoms with Crippen molar-refractivity contribution >= 4 is 11.1 Å². The molecule has 1 nitrogen and oxygen atoms in total. The van der Waals surface area contributed by atoms with Gasteiger partial charge in [-0.3, -0.25) is 0 Å². The van der Waals surface area contributed by atoms with E-state index in [9.17, 15) is 0 Å². The predicted molar refractivity (Wildman–Crippen MR) is 123 cm³/mol. The number of hydrogen-bond donors (Lipinski definition) is 0. The lowest BCUT2D eigenvalue weighted by Crippen LogP contribution is -2.25. The van der Waals surface area contributed by atoms with Crippen molar-refractivity contribution < 1.29 is 4.74 Å². The van der Waals surface area contributed by atoms with E-state index < -0.39 is 0 Å². The summed E-state index contributed by atoms with van der Waals surface area (Å²) in [5.41, 5.74) is 10.8. The Balaban J connectivity index is 1.74. The first-order chi connectivity index (χ1) is 14.8. The van der Waals surface area contributed by atoms with Crippen LogP contribution in [0.5, 0.6) is 5.75 Å². The summed E-state index contributed by atoms with van der Waals surface area (Å²) >= 11 is 0. The molecule has 4 aromatic rings. The van der Waals surface area contributed by atoms with Crippen molar-refractivity contribution in [1.82, 2.24) is 0 Å². The number of allylic oxidation sites excluding steroid dienone is 1. The minimum atomic E-state index is -0.169. The van der Waals surface area contributed by atoms with Crippen LogP contribution in [-0.4, -0.2) is 7.11 Å². The first kappa shape index (κ1) is 17.3. The van der Waals surface area contributed by atoms with Gasteiger partial charge in [0.15, 0.2) is 0 Å². The molecule has 0 saturated heterocycles. The fourth-order valence-electron chi connectivity index (χ4n) is 5.49. The van der Waals surface area contributed by atoms with Gasteiger partial charge in [0.25, 0.3) is 0 Å². The van der Waals surface area contributed by atoms with E-state index in [0.717, 1.165) is 12.2 Å². The summed E-state index contributed by atoms with van der Waals surface area (Å²) in [5, 5.41) is 0. The molecule has 144 valence electrons. The third-order valence-corrected chi connectivity index (χ3v) is 6.72. The van der Waals surface area contributed by atoms with E-state index in [4.69, 9.17) is 4.74 Å². The average Bonchev–Trinajstić information content (AvgIpc) is 3.30. The molecule has 0 aliphatic heterocycles. The largest absolute Gasteiger partial charge is 0.497 e. The molecule has 2 aliphatic rings. The summed E-state index contributed by atoms with van der Waals surface area (Å²) in [5.74, 6) is 0.894. The monoisotopic (exact) mass is 386 g/mol. The van der Waals surface area contributed by atoms with Crippen molar-refractivity contribution in [2.24, 2.45) is 0 Å². The van der Waals surface area contributed by atoms with Crippen LogP contribution in [0.15, 0.2) is 103 Å². The minimum absolute atomic E-state index is 0.169. The highest BCUT2D eigenvalue weighted by molar-refractivity contribution is 6.11. The fraction of sp³-hybridized carbons (Fsp3) is 0.103. The van der Waals surface area contributed by atoms with Crippen LogP contribution < -0.4 is 4.74 Å². The van der Waals surface area contributed by atoms with Crippen molar-refractivity contribution in [3.05, 3.63) is 137 Å². The van der Waals surface area contributed by atoms with E-state index in [1.54, 1.807) is 7.11 Å². The van der Waals surface area contributed by atoms with Crippen molar-refractivity contribution in [2.75, 3.05) is 7.11 Å². The number of methoxy groups -OCH3 is 1. The van der Waals surface area contributed by atoms with Crippen LogP contribution in [-0.2, 0) is 11.8 Å². The second-order valence-electron chi connectivity index (χ2n) is 8.13. The van der Waals surface area contributed by atoms with Crippen LogP contribution in [0.2, 0.25) is 0 Å². The number of benzene rings is 4. The Morgan fingerprint density at radius 3 is 2.10 bits per heavy atom. The molecule has 2 aliphatic carbocycles. The van der Waals surface area contributed by atoms with Gasteiger partial charge in [-0.05, 0) is 63.1 Å². The van der Waals surface area contributed by atoms with Crippen molar-refractivity contribution in [3.63, 3.8) is 0 Å². The third-order valence-electron chi connectivity index (χ3n) is 6.72. The van der Waals surface area contributed by atoms with E-state index in [1.165, 1.54) is 44.5 Å². The molecule has 4 aromatic carbocycles. The summed E-state index contributed by atoms with van der Waals surface area (Å²) in [6, 6.07) is 37.4. The van der Waals surface area contributed by atoms with Gasteiger partial charge in [-0.2, -0.15) is 0 Å². The smallest absolute Gasteiger partial charge is 0.118 e. The highest BCUT2D eigenvalue weighted by Gasteiger charge is 2.51.